The number of carbonyl (C=O) groups is 1. The Morgan fingerprint density at radius 3 is 3.17 bits per heavy atom. The summed E-state index contributed by atoms with van der Waals surface area (Å²) in [5.74, 6) is 1.19. The molecular weight excluding hydrogens is 232 g/mol. The van der Waals surface area contributed by atoms with Crippen molar-refractivity contribution in [3.63, 3.8) is 0 Å². The topological polar surface area (TPSA) is 64.8 Å². The number of rotatable bonds is 2. The van der Waals surface area contributed by atoms with Crippen LogP contribution in [0.2, 0.25) is 0 Å². The smallest absolute Gasteiger partial charge is 0.258 e. The predicted octanol–water partition coefficient (Wildman–Crippen LogP) is 0.979. The van der Waals surface area contributed by atoms with Gasteiger partial charge in [0, 0.05) is 19.1 Å². The number of hydrogen-bond acceptors (Lipinski definition) is 4. The molecule has 0 spiro atoms. The minimum absolute atomic E-state index is 0.00898. The van der Waals surface area contributed by atoms with Crippen molar-refractivity contribution in [3.05, 3.63) is 23.8 Å². The van der Waals surface area contributed by atoms with Crippen LogP contribution in [0.25, 0.3) is 0 Å². The van der Waals surface area contributed by atoms with Gasteiger partial charge in [0.2, 0.25) is 6.79 Å². The van der Waals surface area contributed by atoms with Gasteiger partial charge in [-0.2, -0.15) is 0 Å². The van der Waals surface area contributed by atoms with Crippen molar-refractivity contribution in [2.24, 2.45) is 5.73 Å². The molecule has 0 aromatic heterocycles. The van der Waals surface area contributed by atoms with Gasteiger partial charge in [0.25, 0.3) is 5.91 Å². The molecule has 3 rings (SSSR count). The van der Waals surface area contributed by atoms with Crippen LogP contribution in [-0.4, -0.2) is 36.7 Å². The molecule has 2 aliphatic rings. The van der Waals surface area contributed by atoms with E-state index in [2.05, 4.69) is 0 Å². The standard InChI is InChI=1S/C13H16N2O3/c14-7-9-3-2-6-15(9)13(16)10-4-1-5-11-12(10)18-8-17-11/h1,4-5,9H,2-3,6-8,14H2/t9-/m0/s1. The van der Waals surface area contributed by atoms with Gasteiger partial charge in [0.05, 0.1) is 5.56 Å². The Morgan fingerprint density at radius 2 is 2.33 bits per heavy atom. The van der Waals surface area contributed by atoms with Crippen LogP contribution < -0.4 is 15.2 Å². The fourth-order valence-corrected chi connectivity index (χ4v) is 2.60. The van der Waals surface area contributed by atoms with Gasteiger partial charge in [0.15, 0.2) is 11.5 Å². The van der Waals surface area contributed by atoms with Crippen molar-refractivity contribution < 1.29 is 14.3 Å². The van der Waals surface area contributed by atoms with Crippen LogP contribution in [0.1, 0.15) is 23.2 Å². The molecule has 0 bridgehead atoms. The third-order valence-electron chi connectivity index (χ3n) is 3.54. The van der Waals surface area contributed by atoms with Crippen LogP contribution in [0.5, 0.6) is 11.5 Å². The number of carbonyl (C=O) groups excluding carboxylic acids is 1. The van der Waals surface area contributed by atoms with E-state index in [4.69, 9.17) is 15.2 Å². The highest BCUT2D eigenvalue weighted by molar-refractivity contribution is 5.98. The molecule has 1 aromatic rings. The monoisotopic (exact) mass is 248 g/mol. The number of ether oxygens (including phenoxy) is 2. The van der Waals surface area contributed by atoms with E-state index in [-0.39, 0.29) is 18.7 Å². The first-order valence-corrected chi connectivity index (χ1v) is 6.21. The lowest BCUT2D eigenvalue weighted by Crippen LogP contribution is -2.40. The van der Waals surface area contributed by atoms with Gasteiger partial charge in [-0.25, -0.2) is 0 Å². The van der Waals surface area contributed by atoms with Crippen LogP contribution in [-0.2, 0) is 0 Å². The summed E-state index contributed by atoms with van der Waals surface area (Å²) in [5.41, 5.74) is 6.28. The summed E-state index contributed by atoms with van der Waals surface area (Å²) in [6.07, 6.45) is 1.99. The van der Waals surface area contributed by atoms with Gasteiger partial charge in [0.1, 0.15) is 0 Å². The summed E-state index contributed by atoms with van der Waals surface area (Å²) in [6, 6.07) is 5.55. The van der Waals surface area contributed by atoms with Crippen molar-refractivity contribution in [1.29, 1.82) is 0 Å². The minimum Gasteiger partial charge on any atom is -0.454 e. The van der Waals surface area contributed by atoms with E-state index in [0.29, 0.717) is 23.6 Å². The van der Waals surface area contributed by atoms with Gasteiger partial charge >= 0.3 is 0 Å². The van der Waals surface area contributed by atoms with Crippen LogP contribution in [0.15, 0.2) is 18.2 Å². The Balaban J connectivity index is 1.91. The van der Waals surface area contributed by atoms with E-state index in [9.17, 15) is 4.79 Å². The summed E-state index contributed by atoms with van der Waals surface area (Å²) < 4.78 is 10.7. The van der Waals surface area contributed by atoms with Crippen LogP contribution in [0.3, 0.4) is 0 Å². The Hall–Kier alpha value is -1.75. The highest BCUT2D eigenvalue weighted by Gasteiger charge is 2.31. The van der Waals surface area contributed by atoms with Gasteiger partial charge in [-0.05, 0) is 25.0 Å². The number of nitrogens with two attached hydrogens (primary N) is 1. The normalized spacial score (nSPS) is 21.4. The number of benzene rings is 1. The zero-order valence-corrected chi connectivity index (χ0v) is 10.1. The molecule has 1 saturated heterocycles. The molecule has 1 amide bonds. The second-order valence-electron chi connectivity index (χ2n) is 4.57. The van der Waals surface area contributed by atoms with Crippen molar-refractivity contribution in [2.75, 3.05) is 19.9 Å². The first-order valence-electron chi connectivity index (χ1n) is 6.21. The van der Waals surface area contributed by atoms with Crippen LogP contribution in [0.4, 0.5) is 0 Å². The number of fused-ring (bicyclic) bond motifs is 1. The van der Waals surface area contributed by atoms with E-state index < -0.39 is 0 Å². The molecule has 0 aliphatic carbocycles. The Bertz CT molecular complexity index is 475. The number of para-hydroxylation sites is 1. The van der Waals surface area contributed by atoms with Gasteiger partial charge in [-0.3, -0.25) is 4.79 Å². The molecule has 2 heterocycles. The maximum atomic E-state index is 12.5. The zero-order valence-electron chi connectivity index (χ0n) is 10.1. The summed E-state index contributed by atoms with van der Waals surface area (Å²) in [7, 11) is 0. The zero-order chi connectivity index (χ0) is 12.5. The van der Waals surface area contributed by atoms with E-state index in [1.807, 2.05) is 17.0 Å². The molecule has 5 heteroatoms. The fraction of sp³-hybridized carbons (Fsp3) is 0.462. The molecule has 0 radical (unpaired) electrons. The summed E-state index contributed by atoms with van der Waals surface area (Å²) in [5, 5.41) is 0. The fourth-order valence-electron chi connectivity index (χ4n) is 2.60. The Kier molecular flexibility index (Phi) is 2.83. The average molecular weight is 248 g/mol. The van der Waals surface area contributed by atoms with Gasteiger partial charge < -0.3 is 20.1 Å². The van der Waals surface area contributed by atoms with Crippen molar-refractivity contribution >= 4 is 5.91 Å². The summed E-state index contributed by atoms with van der Waals surface area (Å²) >= 11 is 0. The van der Waals surface area contributed by atoms with Gasteiger partial charge in [-0.15, -0.1) is 0 Å². The average Bonchev–Trinajstić information content (AvgIpc) is 3.05. The second kappa shape index (κ2) is 4.49. The molecular formula is C13H16N2O3. The lowest BCUT2D eigenvalue weighted by atomic mass is 10.1. The van der Waals surface area contributed by atoms with E-state index >= 15 is 0 Å². The van der Waals surface area contributed by atoms with E-state index in [1.165, 1.54) is 0 Å². The summed E-state index contributed by atoms with van der Waals surface area (Å²) in [6.45, 7) is 1.46. The molecule has 2 aliphatic heterocycles. The number of nitrogens with zero attached hydrogens (tertiary/aromatic N) is 1. The molecule has 1 aromatic carbocycles. The quantitative estimate of drug-likeness (QED) is 0.847. The SMILES string of the molecule is NC[C@@H]1CCCN1C(=O)c1cccc2c1OCO2. The molecule has 18 heavy (non-hydrogen) atoms. The van der Waals surface area contributed by atoms with Crippen LogP contribution >= 0.6 is 0 Å². The minimum atomic E-state index is -0.00898. The lowest BCUT2D eigenvalue weighted by Gasteiger charge is -2.23. The predicted molar refractivity (Wildman–Crippen MR) is 65.7 cm³/mol. The van der Waals surface area contributed by atoms with E-state index in [1.54, 1.807) is 6.07 Å². The Labute approximate surface area is 105 Å². The third kappa shape index (κ3) is 1.71. The molecule has 2 N–H and O–H groups in total. The lowest BCUT2D eigenvalue weighted by molar-refractivity contribution is 0.0736. The van der Waals surface area contributed by atoms with Gasteiger partial charge in [-0.1, -0.05) is 6.07 Å². The van der Waals surface area contributed by atoms with Crippen molar-refractivity contribution in [2.45, 2.75) is 18.9 Å². The van der Waals surface area contributed by atoms with E-state index in [0.717, 1.165) is 19.4 Å². The first kappa shape index (κ1) is 11.3. The van der Waals surface area contributed by atoms with Crippen molar-refractivity contribution in [3.8, 4) is 11.5 Å². The highest BCUT2D eigenvalue weighted by atomic mass is 16.7. The first-order chi connectivity index (χ1) is 8.81. The molecule has 0 unspecified atom stereocenters. The Morgan fingerprint density at radius 1 is 1.44 bits per heavy atom. The largest absolute Gasteiger partial charge is 0.454 e. The maximum Gasteiger partial charge on any atom is 0.258 e. The summed E-state index contributed by atoms with van der Waals surface area (Å²) in [4.78, 5) is 14.4. The number of amides is 1. The van der Waals surface area contributed by atoms with Crippen LogP contribution in [0, 0.1) is 0 Å². The number of likely N-dealkylation sites (tertiary alicyclic amines) is 1. The molecule has 0 saturated carbocycles. The second-order valence-corrected chi connectivity index (χ2v) is 4.57. The molecule has 1 fully saturated rings. The molecule has 5 nitrogen and oxygen atoms in total. The van der Waals surface area contributed by atoms with Crippen molar-refractivity contribution in [1.82, 2.24) is 4.90 Å². The maximum absolute atomic E-state index is 12.5. The molecule has 1 atom stereocenters. The highest BCUT2D eigenvalue weighted by Crippen LogP contribution is 2.36. The molecule has 96 valence electrons. The number of hydrogen-bond donors (Lipinski definition) is 1. The third-order valence-corrected chi connectivity index (χ3v) is 3.54.